The standard InChI is InChI=1S/C18H20BrNO3/c1-22-15-6-4-7-16(13-15)23-12-11-20-18(21)10-9-14-5-2-3-8-17(14)19/h2-8,13H,9-12H2,1H3,(H,20,21). The highest BCUT2D eigenvalue weighted by atomic mass is 79.9. The Morgan fingerprint density at radius 1 is 1.13 bits per heavy atom. The molecule has 4 nitrogen and oxygen atoms in total. The molecule has 0 saturated carbocycles. The summed E-state index contributed by atoms with van der Waals surface area (Å²) in [7, 11) is 1.62. The lowest BCUT2D eigenvalue weighted by Crippen LogP contribution is -2.28. The van der Waals surface area contributed by atoms with Crippen molar-refractivity contribution in [2.24, 2.45) is 0 Å². The van der Waals surface area contributed by atoms with Crippen molar-refractivity contribution >= 4 is 21.8 Å². The van der Waals surface area contributed by atoms with E-state index in [0.29, 0.717) is 26.0 Å². The molecule has 0 saturated heterocycles. The van der Waals surface area contributed by atoms with E-state index in [9.17, 15) is 4.79 Å². The van der Waals surface area contributed by atoms with Crippen LogP contribution in [0.15, 0.2) is 53.0 Å². The van der Waals surface area contributed by atoms with Crippen LogP contribution in [0.4, 0.5) is 0 Å². The van der Waals surface area contributed by atoms with Gasteiger partial charge in [-0.3, -0.25) is 4.79 Å². The first-order valence-electron chi connectivity index (χ1n) is 7.46. The number of ether oxygens (including phenoxy) is 2. The molecule has 0 unspecified atom stereocenters. The van der Waals surface area contributed by atoms with Crippen molar-refractivity contribution in [3.63, 3.8) is 0 Å². The van der Waals surface area contributed by atoms with Gasteiger partial charge in [0.2, 0.25) is 5.91 Å². The third kappa shape index (κ3) is 5.94. The summed E-state index contributed by atoms with van der Waals surface area (Å²) in [6.45, 7) is 0.903. The largest absolute Gasteiger partial charge is 0.497 e. The molecule has 0 bridgehead atoms. The number of methoxy groups -OCH3 is 1. The number of hydrogen-bond donors (Lipinski definition) is 1. The summed E-state index contributed by atoms with van der Waals surface area (Å²) < 4.78 is 11.7. The fourth-order valence-electron chi connectivity index (χ4n) is 2.09. The van der Waals surface area contributed by atoms with Crippen molar-refractivity contribution in [1.29, 1.82) is 0 Å². The van der Waals surface area contributed by atoms with Crippen LogP contribution in [-0.4, -0.2) is 26.2 Å². The number of nitrogens with one attached hydrogen (secondary N) is 1. The molecular formula is C18H20BrNO3. The van der Waals surface area contributed by atoms with Crippen LogP contribution < -0.4 is 14.8 Å². The summed E-state index contributed by atoms with van der Waals surface area (Å²) in [6, 6.07) is 15.3. The highest BCUT2D eigenvalue weighted by Crippen LogP contribution is 2.19. The van der Waals surface area contributed by atoms with E-state index >= 15 is 0 Å². The lowest BCUT2D eigenvalue weighted by atomic mass is 10.1. The number of amides is 1. The molecule has 2 aromatic carbocycles. The predicted octanol–water partition coefficient (Wildman–Crippen LogP) is 3.59. The van der Waals surface area contributed by atoms with E-state index in [1.165, 1.54) is 0 Å². The smallest absolute Gasteiger partial charge is 0.220 e. The minimum absolute atomic E-state index is 0.0231. The van der Waals surface area contributed by atoms with Gasteiger partial charge in [-0.05, 0) is 30.2 Å². The van der Waals surface area contributed by atoms with Crippen LogP contribution in [0.2, 0.25) is 0 Å². The third-order valence-corrected chi connectivity index (χ3v) is 4.09. The minimum atomic E-state index is 0.0231. The summed E-state index contributed by atoms with van der Waals surface area (Å²) >= 11 is 3.49. The lowest BCUT2D eigenvalue weighted by Gasteiger charge is -2.09. The third-order valence-electron chi connectivity index (χ3n) is 3.31. The van der Waals surface area contributed by atoms with E-state index in [4.69, 9.17) is 9.47 Å². The van der Waals surface area contributed by atoms with E-state index in [2.05, 4.69) is 21.2 Å². The van der Waals surface area contributed by atoms with E-state index in [1.807, 2.05) is 48.5 Å². The Bertz CT molecular complexity index is 646. The first-order valence-corrected chi connectivity index (χ1v) is 8.25. The van der Waals surface area contributed by atoms with Gasteiger partial charge in [0.25, 0.3) is 0 Å². The van der Waals surface area contributed by atoms with Crippen LogP contribution in [0, 0.1) is 0 Å². The van der Waals surface area contributed by atoms with E-state index < -0.39 is 0 Å². The Labute approximate surface area is 144 Å². The first kappa shape index (κ1) is 17.3. The molecule has 0 radical (unpaired) electrons. The summed E-state index contributed by atoms with van der Waals surface area (Å²) in [4.78, 5) is 11.8. The van der Waals surface area contributed by atoms with E-state index in [1.54, 1.807) is 7.11 Å². The number of halogens is 1. The van der Waals surface area contributed by atoms with Gasteiger partial charge in [0.1, 0.15) is 18.1 Å². The molecule has 0 aromatic heterocycles. The van der Waals surface area contributed by atoms with Crippen LogP contribution >= 0.6 is 15.9 Å². The Kier molecular flexibility index (Phi) is 6.94. The Balaban J connectivity index is 1.66. The van der Waals surface area contributed by atoms with Crippen molar-refractivity contribution in [2.75, 3.05) is 20.3 Å². The number of carbonyl (C=O) groups excluding carboxylic acids is 1. The molecule has 0 atom stereocenters. The summed E-state index contributed by atoms with van der Waals surface area (Å²) in [5.41, 5.74) is 1.13. The molecular weight excluding hydrogens is 358 g/mol. The molecule has 0 spiro atoms. The number of carbonyl (C=O) groups is 1. The number of benzene rings is 2. The molecule has 122 valence electrons. The fraction of sp³-hybridized carbons (Fsp3) is 0.278. The Morgan fingerprint density at radius 2 is 1.91 bits per heavy atom. The summed E-state index contributed by atoms with van der Waals surface area (Å²) in [5, 5.41) is 2.86. The monoisotopic (exact) mass is 377 g/mol. The number of aryl methyl sites for hydroxylation is 1. The number of rotatable bonds is 8. The van der Waals surface area contributed by atoms with Gasteiger partial charge in [0, 0.05) is 17.0 Å². The minimum Gasteiger partial charge on any atom is -0.497 e. The lowest BCUT2D eigenvalue weighted by molar-refractivity contribution is -0.121. The van der Waals surface area contributed by atoms with Crippen molar-refractivity contribution in [3.8, 4) is 11.5 Å². The second kappa shape index (κ2) is 9.20. The van der Waals surface area contributed by atoms with Crippen LogP contribution in [-0.2, 0) is 11.2 Å². The zero-order valence-corrected chi connectivity index (χ0v) is 14.6. The van der Waals surface area contributed by atoms with Gasteiger partial charge in [-0.15, -0.1) is 0 Å². The molecule has 2 rings (SSSR count). The van der Waals surface area contributed by atoms with Crippen molar-refractivity contribution in [1.82, 2.24) is 5.32 Å². The fourth-order valence-corrected chi connectivity index (χ4v) is 2.57. The van der Waals surface area contributed by atoms with Crippen LogP contribution in [0.5, 0.6) is 11.5 Å². The normalized spacial score (nSPS) is 10.2. The molecule has 0 aliphatic heterocycles. The maximum absolute atomic E-state index is 11.8. The topological polar surface area (TPSA) is 47.6 Å². The van der Waals surface area contributed by atoms with Gasteiger partial charge in [-0.1, -0.05) is 40.2 Å². The van der Waals surface area contributed by atoms with Crippen molar-refractivity contribution in [2.45, 2.75) is 12.8 Å². The Morgan fingerprint density at radius 3 is 2.70 bits per heavy atom. The van der Waals surface area contributed by atoms with E-state index in [0.717, 1.165) is 21.5 Å². The molecule has 2 aromatic rings. The number of hydrogen-bond acceptors (Lipinski definition) is 3. The Hall–Kier alpha value is -2.01. The predicted molar refractivity (Wildman–Crippen MR) is 94.0 cm³/mol. The van der Waals surface area contributed by atoms with Crippen LogP contribution in [0.1, 0.15) is 12.0 Å². The molecule has 0 heterocycles. The van der Waals surface area contributed by atoms with Gasteiger partial charge >= 0.3 is 0 Å². The zero-order chi connectivity index (χ0) is 16.5. The molecule has 23 heavy (non-hydrogen) atoms. The van der Waals surface area contributed by atoms with Gasteiger partial charge in [0.05, 0.1) is 13.7 Å². The highest BCUT2D eigenvalue weighted by Gasteiger charge is 2.04. The quantitative estimate of drug-likeness (QED) is 0.715. The molecule has 0 aliphatic rings. The van der Waals surface area contributed by atoms with Crippen molar-refractivity contribution < 1.29 is 14.3 Å². The highest BCUT2D eigenvalue weighted by molar-refractivity contribution is 9.10. The molecule has 1 N–H and O–H groups in total. The zero-order valence-electron chi connectivity index (χ0n) is 13.0. The van der Waals surface area contributed by atoms with Gasteiger partial charge < -0.3 is 14.8 Å². The van der Waals surface area contributed by atoms with Gasteiger partial charge in [-0.2, -0.15) is 0 Å². The average Bonchev–Trinajstić information content (AvgIpc) is 2.58. The first-order chi connectivity index (χ1) is 11.2. The van der Waals surface area contributed by atoms with E-state index in [-0.39, 0.29) is 5.91 Å². The van der Waals surface area contributed by atoms with Gasteiger partial charge in [0.15, 0.2) is 0 Å². The molecule has 1 amide bonds. The SMILES string of the molecule is COc1cccc(OCCNC(=O)CCc2ccccc2Br)c1. The van der Waals surface area contributed by atoms with Crippen molar-refractivity contribution in [3.05, 3.63) is 58.6 Å². The summed E-state index contributed by atoms with van der Waals surface area (Å²) in [6.07, 6.45) is 1.17. The molecule has 0 aliphatic carbocycles. The molecule has 5 heteroatoms. The maximum atomic E-state index is 11.8. The summed E-state index contributed by atoms with van der Waals surface area (Å²) in [5.74, 6) is 1.50. The van der Waals surface area contributed by atoms with Crippen LogP contribution in [0.3, 0.4) is 0 Å². The second-order valence-electron chi connectivity index (χ2n) is 4.97. The van der Waals surface area contributed by atoms with Crippen LogP contribution in [0.25, 0.3) is 0 Å². The average molecular weight is 378 g/mol. The molecule has 0 fully saturated rings. The maximum Gasteiger partial charge on any atom is 0.220 e. The van der Waals surface area contributed by atoms with Gasteiger partial charge in [-0.25, -0.2) is 0 Å². The second-order valence-corrected chi connectivity index (χ2v) is 5.82.